The van der Waals surface area contributed by atoms with Crippen LogP contribution in [-0.4, -0.2) is 15.0 Å². The molecular weight excluding hydrogens is 304 g/mol. The summed E-state index contributed by atoms with van der Waals surface area (Å²) < 4.78 is 27.2. The minimum absolute atomic E-state index is 0.153. The number of thiophene rings is 1. The molecule has 0 aliphatic carbocycles. The summed E-state index contributed by atoms with van der Waals surface area (Å²) in [6.45, 7) is 2.15. The third-order valence-corrected chi connectivity index (χ3v) is 6.53. The molecular formula is C15H16N2O2S2. The van der Waals surface area contributed by atoms with Gasteiger partial charge in [-0.3, -0.25) is 4.31 Å². The number of anilines is 1. The van der Waals surface area contributed by atoms with Crippen molar-refractivity contribution in [3.63, 3.8) is 0 Å². The van der Waals surface area contributed by atoms with Gasteiger partial charge in [0, 0.05) is 11.4 Å². The first-order chi connectivity index (χ1) is 10.1. The average Bonchev–Trinajstić information content (AvgIpc) is 2.98. The Labute approximate surface area is 129 Å². The van der Waals surface area contributed by atoms with Crippen LogP contribution in [0.1, 0.15) is 18.2 Å². The lowest BCUT2D eigenvalue weighted by Gasteiger charge is -2.22. The van der Waals surface area contributed by atoms with Gasteiger partial charge in [0.1, 0.15) is 4.21 Å². The smallest absolute Gasteiger partial charge is 0.265 e. The molecule has 1 aromatic heterocycles. The Balaban J connectivity index is 2.42. The summed E-state index contributed by atoms with van der Waals surface area (Å²) in [5.41, 5.74) is 0.583. The maximum atomic E-state index is 12.8. The number of sulfonamides is 1. The molecule has 0 unspecified atom stereocenters. The summed E-state index contributed by atoms with van der Waals surface area (Å²) in [7, 11) is -3.61. The molecule has 2 rings (SSSR count). The minimum atomic E-state index is -3.61. The van der Waals surface area contributed by atoms with Gasteiger partial charge in [-0.15, -0.1) is 11.3 Å². The molecule has 0 saturated carbocycles. The van der Waals surface area contributed by atoms with E-state index in [4.69, 9.17) is 5.26 Å². The van der Waals surface area contributed by atoms with Crippen molar-refractivity contribution < 1.29 is 8.42 Å². The molecule has 2 aromatic rings. The first-order valence-electron chi connectivity index (χ1n) is 6.63. The molecule has 0 bridgehead atoms. The van der Waals surface area contributed by atoms with Crippen LogP contribution in [0.25, 0.3) is 0 Å². The third-order valence-electron chi connectivity index (χ3n) is 3.00. The van der Waals surface area contributed by atoms with Crippen LogP contribution in [0.5, 0.6) is 0 Å². The van der Waals surface area contributed by atoms with Crippen molar-refractivity contribution in [2.75, 3.05) is 10.8 Å². The van der Waals surface area contributed by atoms with Crippen LogP contribution in [-0.2, 0) is 16.4 Å². The fourth-order valence-electron chi connectivity index (χ4n) is 1.93. The fraction of sp³-hybridized carbons (Fsp3) is 0.267. The molecule has 0 saturated heterocycles. The molecule has 0 aliphatic heterocycles. The number of aryl methyl sites for hydroxylation is 1. The summed E-state index contributed by atoms with van der Waals surface area (Å²) >= 11 is 1.28. The zero-order chi connectivity index (χ0) is 15.3. The molecule has 4 nitrogen and oxygen atoms in total. The second-order valence-corrected chi connectivity index (χ2v) is 7.65. The molecule has 0 spiro atoms. The van der Waals surface area contributed by atoms with Crippen LogP contribution in [0.15, 0.2) is 46.7 Å². The van der Waals surface area contributed by atoms with E-state index in [1.807, 2.05) is 25.1 Å². The molecule has 0 amide bonds. The first-order valence-corrected chi connectivity index (χ1v) is 8.88. The third kappa shape index (κ3) is 3.43. The Morgan fingerprint density at radius 1 is 1.19 bits per heavy atom. The maximum Gasteiger partial charge on any atom is 0.273 e. The average molecular weight is 320 g/mol. The van der Waals surface area contributed by atoms with Crippen molar-refractivity contribution >= 4 is 27.0 Å². The van der Waals surface area contributed by atoms with Gasteiger partial charge in [0.15, 0.2) is 0 Å². The number of rotatable bonds is 6. The van der Waals surface area contributed by atoms with Crippen molar-refractivity contribution in [2.24, 2.45) is 0 Å². The van der Waals surface area contributed by atoms with Gasteiger partial charge in [0.25, 0.3) is 10.0 Å². The molecule has 0 aliphatic rings. The summed E-state index contributed by atoms with van der Waals surface area (Å²) in [4.78, 5) is 1.03. The van der Waals surface area contributed by atoms with Crippen LogP contribution < -0.4 is 4.31 Å². The van der Waals surface area contributed by atoms with E-state index in [0.29, 0.717) is 9.90 Å². The van der Waals surface area contributed by atoms with Crippen LogP contribution in [0.4, 0.5) is 5.69 Å². The highest BCUT2D eigenvalue weighted by atomic mass is 32.2. The topological polar surface area (TPSA) is 61.2 Å². The Morgan fingerprint density at radius 3 is 2.48 bits per heavy atom. The van der Waals surface area contributed by atoms with E-state index in [1.54, 1.807) is 30.3 Å². The zero-order valence-electron chi connectivity index (χ0n) is 11.7. The van der Waals surface area contributed by atoms with E-state index < -0.39 is 10.0 Å². The van der Waals surface area contributed by atoms with Gasteiger partial charge in [0.2, 0.25) is 0 Å². The normalized spacial score (nSPS) is 11.0. The molecule has 110 valence electrons. The monoisotopic (exact) mass is 320 g/mol. The van der Waals surface area contributed by atoms with Gasteiger partial charge >= 0.3 is 0 Å². The molecule has 21 heavy (non-hydrogen) atoms. The zero-order valence-corrected chi connectivity index (χ0v) is 13.3. The quantitative estimate of drug-likeness (QED) is 0.819. The largest absolute Gasteiger partial charge is 0.273 e. The number of hydrogen-bond donors (Lipinski definition) is 0. The van der Waals surface area contributed by atoms with E-state index in [2.05, 4.69) is 0 Å². The van der Waals surface area contributed by atoms with Gasteiger partial charge in [-0.25, -0.2) is 8.42 Å². The van der Waals surface area contributed by atoms with Gasteiger partial charge in [-0.05, 0) is 30.7 Å². The van der Waals surface area contributed by atoms with E-state index in [9.17, 15) is 8.42 Å². The summed E-state index contributed by atoms with van der Waals surface area (Å²) in [6.07, 6.45) is 0.962. The standard InChI is InChI=1S/C15H16N2O2S2/c1-2-14-9-10-15(20-14)21(18,19)17(12-6-11-16)13-7-4-3-5-8-13/h3-5,7-10H,2,6,12H2,1H3. The fourth-order valence-corrected chi connectivity index (χ4v) is 4.80. The lowest BCUT2D eigenvalue weighted by atomic mass is 10.3. The Bertz CT molecular complexity index is 731. The molecule has 0 radical (unpaired) electrons. The molecule has 6 heteroatoms. The summed E-state index contributed by atoms with van der Waals surface area (Å²) in [5, 5.41) is 8.77. The Morgan fingerprint density at radius 2 is 1.90 bits per heavy atom. The predicted molar refractivity (Wildman–Crippen MR) is 84.9 cm³/mol. The highest BCUT2D eigenvalue weighted by Gasteiger charge is 2.26. The number of hydrogen-bond acceptors (Lipinski definition) is 4. The number of para-hydroxylation sites is 1. The second-order valence-electron chi connectivity index (χ2n) is 4.40. The number of benzene rings is 1. The predicted octanol–water partition coefficient (Wildman–Crippen LogP) is 3.42. The van der Waals surface area contributed by atoms with Crippen molar-refractivity contribution in [2.45, 2.75) is 24.0 Å². The van der Waals surface area contributed by atoms with Gasteiger partial charge in [0.05, 0.1) is 18.2 Å². The van der Waals surface area contributed by atoms with Crippen molar-refractivity contribution in [1.29, 1.82) is 5.26 Å². The molecule has 1 aromatic carbocycles. The Kier molecular flexibility index (Phi) is 4.99. The summed E-state index contributed by atoms with van der Waals surface area (Å²) in [5.74, 6) is 0. The lowest BCUT2D eigenvalue weighted by molar-refractivity contribution is 0.593. The van der Waals surface area contributed by atoms with E-state index in [-0.39, 0.29) is 13.0 Å². The van der Waals surface area contributed by atoms with E-state index in [0.717, 1.165) is 11.3 Å². The first kappa shape index (κ1) is 15.5. The van der Waals surface area contributed by atoms with Crippen molar-refractivity contribution in [1.82, 2.24) is 0 Å². The van der Waals surface area contributed by atoms with Crippen LogP contribution >= 0.6 is 11.3 Å². The molecule has 0 fully saturated rings. The lowest BCUT2D eigenvalue weighted by Crippen LogP contribution is -2.31. The van der Waals surface area contributed by atoms with Crippen LogP contribution in [0.2, 0.25) is 0 Å². The SMILES string of the molecule is CCc1ccc(S(=O)(=O)N(CCC#N)c2ccccc2)s1. The molecule has 0 N–H and O–H groups in total. The van der Waals surface area contributed by atoms with Gasteiger partial charge in [-0.2, -0.15) is 5.26 Å². The Hall–Kier alpha value is -1.84. The van der Waals surface area contributed by atoms with Gasteiger partial charge in [-0.1, -0.05) is 25.1 Å². The van der Waals surface area contributed by atoms with Crippen molar-refractivity contribution in [3.05, 3.63) is 47.3 Å². The van der Waals surface area contributed by atoms with Crippen LogP contribution in [0.3, 0.4) is 0 Å². The highest BCUT2D eigenvalue weighted by molar-refractivity contribution is 7.94. The van der Waals surface area contributed by atoms with E-state index >= 15 is 0 Å². The number of nitriles is 1. The highest BCUT2D eigenvalue weighted by Crippen LogP contribution is 2.29. The minimum Gasteiger partial charge on any atom is -0.265 e. The van der Waals surface area contributed by atoms with Crippen LogP contribution in [0, 0.1) is 11.3 Å². The van der Waals surface area contributed by atoms with E-state index in [1.165, 1.54) is 15.6 Å². The van der Waals surface area contributed by atoms with Crippen molar-refractivity contribution in [3.8, 4) is 6.07 Å². The maximum absolute atomic E-state index is 12.8. The summed E-state index contributed by atoms with van der Waals surface area (Å²) in [6, 6.07) is 14.4. The number of nitrogens with zero attached hydrogens (tertiary/aromatic N) is 2. The molecule has 0 atom stereocenters. The second kappa shape index (κ2) is 6.74. The van der Waals surface area contributed by atoms with Gasteiger partial charge < -0.3 is 0 Å². The molecule has 1 heterocycles.